The van der Waals surface area contributed by atoms with E-state index in [1.165, 1.54) is 4.57 Å². The molecule has 28 heavy (non-hydrogen) atoms. The van der Waals surface area contributed by atoms with Gasteiger partial charge in [-0.1, -0.05) is 23.7 Å². The molecule has 7 nitrogen and oxygen atoms in total. The number of aromatic nitrogens is 1. The Bertz CT molecular complexity index is 1070. The van der Waals surface area contributed by atoms with Crippen molar-refractivity contribution >= 4 is 34.5 Å². The molecule has 2 aromatic carbocycles. The fraction of sp³-hybridized carbons (Fsp3) is 0.250. The molecule has 0 aliphatic heterocycles. The van der Waals surface area contributed by atoms with E-state index in [1.54, 1.807) is 49.3 Å². The predicted molar refractivity (Wildman–Crippen MR) is 106 cm³/mol. The summed E-state index contributed by atoms with van der Waals surface area (Å²) < 4.78 is 6.60. The van der Waals surface area contributed by atoms with Gasteiger partial charge in [0, 0.05) is 50.3 Å². The highest BCUT2D eigenvalue weighted by Crippen LogP contribution is 2.18. The number of nitrogens with zero attached hydrogens (tertiary/aromatic N) is 2. The monoisotopic (exact) mass is 401 g/mol. The molecule has 0 bridgehead atoms. The van der Waals surface area contributed by atoms with E-state index in [-0.39, 0.29) is 24.8 Å². The van der Waals surface area contributed by atoms with E-state index in [4.69, 9.17) is 16.0 Å². The van der Waals surface area contributed by atoms with Crippen molar-refractivity contribution in [2.45, 2.75) is 19.5 Å². The largest absolute Gasteiger partial charge is 0.419 e. The van der Waals surface area contributed by atoms with Crippen LogP contribution in [0.5, 0.6) is 0 Å². The minimum atomic E-state index is -0.516. The Kier molecular flexibility index (Phi) is 5.84. The van der Waals surface area contributed by atoms with E-state index in [9.17, 15) is 14.4 Å². The fourth-order valence-corrected chi connectivity index (χ4v) is 3.08. The lowest BCUT2D eigenvalue weighted by molar-refractivity contribution is -0.130. The van der Waals surface area contributed by atoms with E-state index < -0.39 is 5.76 Å². The number of rotatable bonds is 6. The van der Waals surface area contributed by atoms with Gasteiger partial charge >= 0.3 is 5.76 Å². The summed E-state index contributed by atoms with van der Waals surface area (Å²) in [5, 5.41) is 3.04. The second-order valence-corrected chi connectivity index (χ2v) is 6.84. The second kappa shape index (κ2) is 8.31. The molecule has 146 valence electrons. The van der Waals surface area contributed by atoms with E-state index in [0.29, 0.717) is 28.2 Å². The Balaban J connectivity index is 1.63. The summed E-state index contributed by atoms with van der Waals surface area (Å²) >= 11 is 5.91. The summed E-state index contributed by atoms with van der Waals surface area (Å²) in [6.45, 7) is 0.621. The molecule has 1 heterocycles. The van der Waals surface area contributed by atoms with Gasteiger partial charge in [-0.25, -0.2) is 4.79 Å². The lowest BCUT2D eigenvalue weighted by Gasteiger charge is -2.17. The molecule has 2 amide bonds. The van der Waals surface area contributed by atoms with Crippen LogP contribution in [0.3, 0.4) is 0 Å². The van der Waals surface area contributed by atoms with Gasteiger partial charge < -0.3 is 14.6 Å². The highest BCUT2D eigenvalue weighted by atomic mass is 35.5. The van der Waals surface area contributed by atoms with Crippen molar-refractivity contribution in [1.82, 2.24) is 14.8 Å². The molecule has 8 heteroatoms. The Morgan fingerprint density at radius 1 is 1.18 bits per heavy atom. The van der Waals surface area contributed by atoms with Crippen molar-refractivity contribution < 1.29 is 14.0 Å². The van der Waals surface area contributed by atoms with Crippen molar-refractivity contribution in [3.8, 4) is 0 Å². The number of amides is 2. The molecule has 0 saturated carbocycles. The van der Waals surface area contributed by atoms with Crippen LogP contribution in [0.4, 0.5) is 0 Å². The van der Waals surface area contributed by atoms with E-state index in [2.05, 4.69) is 5.32 Å². The Morgan fingerprint density at radius 3 is 2.57 bits per heavy atom. The fourth-order valence-electron chi connectivity index (χ4n) is 2.92. The van der Waals surface area contributed by atoms with Gasteiger partial charge in [0.1, 0.15) is 0 Å². The van der Waals surface area contributed by atoms with Gasteiger partial charge in [0.25, 0.3) is 5.91 Å². The zero-order valence-electron chi connectivity index (χ0n) is 15.6. The molecule has 0 unspecified atom stereocenters. The zero-order chi connectivity index (χ0) is 20.3. The Hall–Kier alpha value is -3.06. The number of halogens is 1. The van der Waals surface area contributed by atoms with Crippen LogP contribution < -0.4 is 11.1 Å². The Labute approximate surface area is 166 Å². The molecule has 0 spiro atoms. The lowest BCUT2D eigenvalue weighted by Crippen LogP contribution is -2.28. The first kappa shape index (κ1) is 19.7. The van der Waals surface area contributed by atoms with Gasteiger partial charge in [-0.15, -0.1) is 0 Å². The maximum absolute atomic E-state index is 12.5. The highest BCUT2D eigenvalue weighted by Gasteiger charge is 2.14. The van der Waals surface area contributed by atoms with Crippen LogP contribution in [0.1, 0.15) is 22.3 Å². The van der Waals surface area contributed by atoms with Crippen molar-refractivity contribution in [3.63, 3.8) is 0 Å². The normalized spacial score (nSPS) is 10.8. The summed E-state index contributed by atoms with van der Waals surface area (Å²) in [5.74, 6) is -0.779. The van der Waals surface area contributed by atoms with E-state index >= 15 is 0 Å². The third-order valence-electron chi connectivity index (χ3n) is 4.47. The first-order valence-corrected chi connectivity index (χ1v) is 9.10. The molecular weight excluding hydrogens is 382 g/mol. The molecule has 0 aliphatic rings. The van der Waals surface area contributed by atoms with Crippen molar-refractivity contribution in [2.75, 3.05) is 14.1 Å². The van der Waals surface area contributed by atoms with E-state index in [1.807, 2.05) is 12.1 Å². The Morgan fingerprint density at radius 2 is 1.89 bits per heavy atom. The minimum absolute atomic E-state index is 0.106. The number of carbonyl (C=O) groups excluding carboxylic acids is 2. The van der Waals surface area contributed by atoms with Crippen LogP contribution in [0, 0.1) is 0 Å². The summed E-state index contributed by atoms with van der Waals surface area (Å²) in [4.78, 5) is 37.6. The lowest BCUT2D eigenvalue weighted by atomic mass is 10.1. The summed E-state index contributed by atoms with van der Waals surface area (Å²) in [7, 11) is 3.27. The minimum Gasteiger partial charge on any atom is -0.408 e. The maximum Gasteiger partial charge on any atom is 0.419 e. The van der Waals surface area contributed by atoms with Gasteiger partial charge in [-0.2, -0.15) is 0 Å². The topological polar surface area (TPSA) is 84.5 Å². The summed E-state index contributed by atoms with van der Waals surface area (Å²) in [6, 6.07) is 12.0. The van der Waals surface area contributed by atoms with Crippen molar-refractivity contribution in [1.29, 1.82) is 0 Å². The van der Waals surface area contributed by atoms with Crippen molar-refractivity contribution in [3.05, 3.63) is 69.2 Å². The number of fused-ring (bicyclic) bond motifs is 1. The SMILES string of the molecule is CNC(=O)c1ccc(CN(C)C(=O)CCn2c(=O)oc3cc(Cl)ccc32)cc1. The summed E-state index contributed by atoms with van der Waals surface area (Å²) in [5.41, 5.74) is 2.47. The second-order valence-electron chi connectivity index (χ2n) is 6.41. The number of hydrogen-bond donors (Lipinski definition) is 1. The summed E-state index contributed by atoms with van der Waals surface area (Å²) in [6.07, 6.45) is 0.157. The number of benzene rings is 2. The van der Waals surface area contributed by atoms with Crippen molar-refractivity contribution in [2.24, 2.45) is 0 Å². The number of nitrogens with one attached hydrogen (secondary N) is 1. The maximum atomic E-state index is 12.5. The molecule has 0 radical (unpaired) electrons. The molecule has 0 atom stereocenters. The molecule has 1 N–H and O–H groups in total. The van der Waals surface area contributed by atoms with Crippen LogP contribution in [0.15, 0.2) is 51.7 Å². The number of carbonyl (C=O) groups is 2. The van der Waals surface area contributed by atoms with E-state index in [0.717, 1.165) is 5.56 Å². The molecular formula is C20H20ClN3O4. The molecule has 0 saturated heterocycles. The van der Waals surface area contributed by atoms with Crippen LogP contribution in [0.2, 0.25) is 5.02 Å². The smallest absolute Gasteiger partial charge is 0.408 e. The van der Waals surface area contributed by atoms with Gasteiger partial charge in [0.2, 0.25) is 5.91 Å². The zero-order valence-corrected chi connectivity index (χ0v) is 16.3. The van der Waals surface area contributed by atoms with Gasteiger partial charge in [0.15, 0.2) is 5.58 Å². The molecule has 3 aromatic rings. The third kappa shape index (κ3) is 4.26. The quantitative estimate of drug-likeness (QED) is 0.688. The first-order chi connectivity index (χ1) is 13.4. The average molecular weight is 402 g/mol. The highest BCUT2D eigenvalue weighted by molar-refractivity contribution is 6.31. The van der Waals surface area contributed by atoms with Gasteiger partial charge in [0.05, 0.1) is 5.52 Å². The molecule has 3 rings (SSSR count). The van der Waals surface area contributed by atoms with Crippen LogP contribution in [-0.2, 0) is 17.9 Å². The predicted octanol–water partition coefficient (Wildman–Crippen LogP) is 2.66. The van der Waals surface area contributed by atoms with Crippen LogP contribution in [0.25, 0.3) is 11.1 Å². The number of hydrogen-bond acceptors (Lipinski definition) is 4. The standard InChI is InChI=1S/C20H20ClN3O4/c1-22-19(26)14-5-3-13(4-6-14)12-23(2)18(25)9-10-24-16-8-7-15(21)11-17(16)28-20(24)27/h3-8,11H,9-10,12H2,1-2H3,(H,22,26). The number of oxazole rings is 1. The third-order valence-corrected chi connectivity index (χ3v) is 4.70. The van der Waals surface area contributed by atoms with Crippen LogP contribution in [-0.4, -0.2) is 35.4 Å². The molecule has 0 fully saturated rings. The van der Waals surface area contributed by atoms with Gasteiger partial charge in [-0.3, -0.25) is 14.2 Å². The van der Waals surface area contributed by atoms with Gasteiger partial charge in [-0.05, 0) is 29.8 Å². The number of aryl methyl sites for hydroxylation is 1. The molecule has 1 aromatic heterocycles. The molecule has 0 aliphatic carbocycles. The van der Waals surface area contributed by atoms with Crippen LogP contribution >= 0.6 is 11.6 Å². The average Bonchev–Trinajstić information content (AvgIpc) is 2.99. The first-order valence-electron chi connectivity index (χ1n) is 8.73.